The number of likely N-dealkylation sites (tertiary alicyclic amines) is 1. The quantitative estimate of drug-likeness (QED) is 0.834. The van der Waals surface area contributed by atoms with Gasteiger partial charge in [0.1, 0.15) is 0 Å². The fraction of sp³-hybridized carbons (Fsp3) is 0.688. The number of thiophene rings is 1. The minimum Gasteiger partial charge on any atom is -0.335 e. The highest BCUT2D eigenvalue weighted by Crippen LogP contribution is 2.23. The second-order valence-electron chi connectivity index (χ2n) is 6.48. The number of nitrogens with zero attached hydrogens (tertiary/aromatic N) is 2. The number of carbonyl (C=O) groups excluding carboxylic acids is 1. The molecule has 2 rings (SSSR count). The monoisotopic (exact) mass is 387 g/mol. The van der Waals surface area contributed by atoms with Gasteiger partial charge >= 0.3 is 6.03 Å². The van der Waals surface area contributed by atoms with Crippen LogP contribution in [0, 0.1) is 5.92 Å². The van der Waals surface area contributed by atoms with E-state index in [1.807, 2.05) is 13.1 Å². The number of carbonyl (C=O) groups is 1. The van der Waals surface area contributed by atoms with E-state index in [2.05, 4.69) is 46.1 Å². The Balaban J connectivity index is 1.73. The molecule has 0 aliphatic carbocycles. The zero-order chi connectivity index (χ0) is 16.1. The number of rotatable bonds is 5. The Bertz CT molecular complexity index is 483. The van der Waals surface area contributed by atoms with Crippen molar-refractivity contribution in [2.45, 2.75) is 39.3 Å². The molecule has 0 bridgehead atoms. The first kappa shape index (κ1) is 17.8. The van der Waals surface area contributed by atoms with Crippen LogP contribution < -0.4 is 5.32 Å². The minimum absolute atomic E-state index is 0.0341. The van der Waals surface area contributed by atoms with Gasteiger partial charge in [0.05, 0.1) is 10.3 Å². The summed E-state index contributed by atoms with van der Waals surface area (Å²) < 4.78 is 1.11. The smallest absolute Gasteiger partial charge is 0.317 e. The van der Waals surface area contributed by atoms with Gasteiger partial charge in [-0.05, 0) is 46.8 Å². The van der Waals surface area contributed by atoms with Crippen molar-refractivity contribution in [2.75, 3.05) is 26.7 Å². The lowest BCUT2D eigenvalue weighted by Crippen LogP contribution is -2.48. The molecule has 1 aromatic heterocycles. The number of piperidine rings is 1. The minimum atomic E-state index is 0.0341. The van der Waals surface area contributed by atoms with E-state index in [-0.39, 0.29) is 6.03 Å². The van der Waals surface area contributed by atoms with Crippen LogP contribution in [0.5, 0.6) is 0 Å². The fourth-order valence-electron chi connectivity index (χ4n) is 2.80. The van der Waals surface area contributed by atoms with Crippen LogP contribution in [0.25, 0.3) is 0 Å². The number of hydrogen-bond acceptors (Lipinski definition) is 3. The summed E-state index contributed by atoms with van der Waals surface area (Å²) in [6.07, 6.45) is 2.10. The largest absolute Gasteiger partial charge is 0.335 e. The van der Waals surface area contributed by atoms with E-state index in [9.17, 15) is 4.79 Å². The zero-order valence-electron chi connectivity index (χ0n) is 13.6. The van der Waals surface area contributed by atoms with Gasteiger partial charge in [0.15, 0.2) is 0 Å². The molecule has 124 valence electrons. The van der Waals surface area contributed by atoms with Gasteiger partial charge in [0.25, 0.3) is 0 Å². The third kappa shape index (κ3) is 5.56. The number of halogens is 1. The van der Waals surface area contributed by atoms with Gasteiger partial charge in [-0.1, -0.05) is 13.8 Å². The molecule has 1 N–H and O–H groups in total. The van der Waals surface area contributed by atoms with Crippen molar-refractivity contribution in [1.82, 2.24) is 15.1 Å². The van der Waals surface area contributed by atoms with Crippen LogP contribution in [-0.4, -0.2) is 48.6 Å². The van der Waals surface area contributed by atoms with Crippen LogP contribution in [0.15, 0.2) is 15.9 Å². The molecule has 2 amide bonds. The van der Waals surface area contributed by atoms with Crippen molar-refractivity contribution in [3.63, 3.8) is 0 Å². The summed E-state index contributed by atoms with van der Waals surface area (Å²) in [6, 6.07) is 4.43. The van der Waals surface area contributed by atoms with E-state index in [1.54, 1.807) is 16.2 Å². The standard InChI is InChI=1S/C16H26BrN3OS/c1-12(2)10-20-8-6-13(7-9-20)18-16(21)19(3)11-14-4-5-15(17)22-14/h4-5,12-13H,6-11H2,1-3H3,(H,18,21). The summed E-state index contributed by atoms with van der Waals surface area (Å²) >= 11 is 5.13. The molecule has 0 aromatic carbocycles. The Kier molecular flexibility index (Phi) is 6.71. The van der Waals surface area contributed by atoms with Crippen molar-refractivity contribution in [3.8, 4) is 0 Å². The van der Waals surface area contributed by atoms with Crippen molar-refractivity contribution >= 4 is 33.3 Å². The zero-order valence-corrected chi connectivity index (χ0v) is 16.0. The molecule has 0 unspecified atom stereocenters. The SMILES string of the molecule is CC(C)CN1CCC(NC(=O)N(C)Cc2ccc(Br)s2)CC1. The molecular formula is C16H26BrN3OS. The predicted molar refractivity (Wildman–Crippen MR) is 96.3 cm³/mol. The van der Waals surface area contributed by atoms with Gasteiger partial charge < -0.3 is 15.1 Å². The van der Waals surface area contributed by atoms with E-state index in [0.29, 0.717) is 18.5 Å². The second-order valence-corrected chi connectivity index (χ2v) is 9.03. The number of hydrogen-bond donors (Lipinski definition) is 1. The maximum atomic E-state index is 12.3. The lowest BCUT2D eigenvalue weighted by molar-refractivity contribution is 0.168. The van der Waals surface area contributed by atoms with E-state index in [4.69, 9.17) is 0 Å². The predicted octanol–water partition coefficient (Wildman–Crippen LogP) is 3.77. The van der Waals surface area contributed by atoms with Crippen LogP contribution in [0.3, 0.4) is 0 Å². The van der Waals surface area contributed by atoms with E-state index in [1.165, 1.54) is 4.88 Å². The molecule has 6 heteroatoms. The molecule has 0 spiro atoms. The van der Waals surface area contributed by atoms with Crippen LogP contribution in [0.1, 0.15) is 31.6 Å². The molecule has 0 radical (unpaired) electrons. The highest BCUT2D eigenvalue weighted by molar-refractivity contribution is 9.11. The summed E-state index contributed by atoms with van der Waals surface area (Å²) in [4.78, 5) is 17.7. The van der Waals surface area contributed by atoms with Crippen molar-refractivity contribution in [1.29, 1.82) is 0 Å². The summed E-state index contributed by atoms with van der Waals surface area (Å²) in [5, 5.41) is 3.17. The molecule has 1 saturated heterocycles. The van der Waals surface area contributed by atoms with Crippen molar-refractivity contribution in [2.24, 2.45) is 5.92 Å². The van der Waals surface area contributed by atoms with E-state index in [0.717, 1.165) is 36.3 Å². The number of urea groups is 1. The third-order valence-electron chi connectivity index (χ3n) is 3.91. The fourth-order valence-corrected chi connectivity index (χ4v) is 4.34. The van der Waals surface area contributed by atoms with Crippen LogP contribution in [0.2, 0.25) is 0 Å². The molecule has 4 nitrogen and oxygen atoms in total. The first-order chi connectivity index (χ1) is 10.4. The molecule has 2 heterocycles. The Hall–Kier alpha value is -0.590. The van der Waals surface area contributed by atoms with Gasteiger partial charge in [-0.15, -0.1) is 11.3 Å². The molecule has 22 heavy (non-hydrogen) atoms. The van der Waals surface area contributed by atoms with Crippen molar-refractivity contribution < 1.29 is 4.79 Å². The van der Waals surface area contributed by atoms with Gasteiger partial charge in [-0.3, -0.25) is 0 Å². The Morgan fingerprint density at radius 3 is 2.68 bits per heavy atom. The van der Waals surface area contributed by atoms with Crippen molar-refractivity contribution in [3.05, 3.63) is 20.8 Å². The molecule has 1 aliphatic rings. The Morgan fingerprint density at radius 1 is 1.45 bits per heavy atom. The Morgan fingerprint density at radius 2 is 2.14 bits per heavy atom. The second kappa shape index (κ2) is 8.31. The maximum Gasteiger partial charge on any atom is 0.317 e. The summed E-state index contributed by atoms with van der Waals surface area (Å²) in [5.41, 5.74) is 0. The lowest BCUT2D eigenvalue weighted by Gasteiger charge is -2.34. The molecule has 0 saturated carbocycles. The van der Waals surface area contributed by atoms with Gasteiger partial charge in [0, 0.05) is 37.6 Å². The number of nitrogens with one attached hydrogen (secondary N) is 1. The third-order valence-corrected chi connectivity index (χ3v) is 5.52. The topological polar surface area (TPSA) is 35.6 Å². The molecular weight excluding hydrogens is 362 g/mol. The summed E-state index contributed by atoms with van der Waals surface area (Å²) in [7, 11) is 1.86. The molecule has 1 aliphatic heterocycles. The first-order valence-electron chi connectivity index (χ1n) is 7.92. The summed E-state index contributed by atoms with van der Waals surface area (Å²) in [5.74, 6) is 0.711. The first-order valence-corrected chi connectivity index (χ1v) is 9.53. The Labute approximate surface area is 146 Å². The van der Waals surface area contributed by atoms with Gasteiger partial charge in [-0.25, -0.2) is 4.79 Å². The highest BCUT2D eigenvalue weighted by atomic mass is 79.9. The normalized spacial score (nSPS) is 17.0. The van der Waals surface area contributed by atoms with Crippen LogP contribution in [0.4, 0.5) is 4.79 Å². The van der Waals surface area contributed by atoms with E-state index < -0.39 is 0 Å². The van der Waals surface area contributed by atoms with E-state index >= 15 is 0 Å². The highest BCUT2D eigenvalue weighted by Gasteiger charge is 2.22. The van der Waals surface area contributed by atoms with Gasteiger partial charge in [-0.2, -0.15) is 0 Å². The average molecular weight is 388 g/mol. The summed E-state index contributed by atoms with van der Waals surface area (Å²) in [6.45, 7) is 8.51. The van der Waals surface area contributed by atoms with Crippen LogP contribution in [-0.2, 0) is 6.54 Å². The number of amides is 2. The molecule has 1 aromatic rings. The maximum absolute atomic E-state index is 12.3. The van der Waals surface area contributed by atoms with Crippen LogP contribution >= 0.6 is 27.3 Å². The average Bonchev–Trinajstić information content (AvgIpc) is 2.85. The lowest BCUT2D eigenvalue weighted by atomic mass is 10.0. The van der Waals surface area contributed by atoms with Gasteiger partial charge in [0.2, 0.25) is 0 Å². The molecule has 0 atom stereocenters. The molecule has 1 fully saturated rings.